The van der Waals surface area contributed by atoms with Crippen molar-refractivity contribution in [2.24, 2.45) is 0 Å². The highest BCUT2D eigenvalue weighted by atomic mass is 16.5. The van der Waals surface area contributed by atoms with Gasteiger partial charge in [-0.3, -0.25) is 9.58 Å². The van der Waals surface area contributed by atoms with Gasteiger partial charge in [0.25, 0.3) is 5.89 Å². The van der Waals surface area contributed by atoms with E-state index >= 15 is 0 Å². The van der Waals surface area contributed by atoms with E-state index in [0.717, 1.165) is 75.4 Å². The summed E-state index contributed by atoms with van der Waals surface area (Å²) in [4.78, 5) is 14.4. The third-order valence-corrected chi connectivity index (χ3v) is 8.66. The van der Waals surface area contributed by atoms with Crippen LogP contribution in [0.2, 0.25) is 0 Å². The van der Waals surface area contributed by atoms with E-state index in [1.54, 1.807) is 0 Å². The predicted octanol–water partition coefficient (Wildman–Crippen LogP) is 4.84. The number of aryl methyl sites for hydroxylation is 2. The number of hydrogen-bond donors (Lipinski definition) is 0. The monoisotopic (exact) mass is 539 g/mol. The second-order valence-electron chi connectivity index (χ2n) is 11.5. The summed E-state index contributed by atoms with van der Waals surface area (Å²) in [6.07, 6.45) is 6.80. The molecule has 0 amide bonds. The van der Waals surface area contributed by atoms with E-state index in [1.165, 1.54) is 29.5 Å². The van der Waals surface area contributed by atoms with Gasteiger partial charge in [-0.25, -0.2) is 4.98 Å². The smallest absolute Gasteiger partial charge is 0.278 e. The Bertz CT molecular complexity index is 1480. The van der Waals surface area contributed by atoms with Crippen molar-refractivity contribution in [1.82, 2.24) is 29.8 Å². The highest BCUT2D eigenvalue weighted by Gasteiger charge is 2.31. The second kappa shape index (κ2) is 10.8. The number of aromatic nitrogens is 5. The van der Waals surface area contributed by atoms with Crippen molar-refractivity contribution < 1.29 is 9.26 Å². The molecule has 0 atom stereocenters. The molecule has 0 unspecified atom stereocenters. The first-order chi connectivity index (χ1) is 19.6. The van der Waals surface area contributed by atoms with Crippen LogP contribution in [0.3, 0.4) is 0 Å². The van der Waals surface area contributed by atoms with Crippen LogP contribution in [-0.4, -0.2) is 75.2 Å². The van der Waals surface area contributed by atoms with Crippen LogP contribution in [-0.2, 0) is 11.3 Å². The maximum atomic E-state index is 5.66. The number of pyridine rings is 1. The minimum Gasteiger partial charge on any atom is -0.381 e. The molecule has 1 saturated carbocycles. The Morgan fingerprint density at radius 1 is 0.925 bits per heavy atom. The van der Waals surface area contributed by atoms with E-state index in [4.69, 9.17) is 19.3 Å². The number of nitrogens with zero attached hydrogens (tertiary/aromatic N) is 7. The van der Waals surface area contributed by atoms with Gasteiger partial charge in [-0.2, -0.15) is 10.1 Å². The van der Waals surface area contributed by atoms with Crippen molar-refractivity contribution in [3.05, 3.63) is 65.0 Å². The number of hydrogen-bond acceptors (Lipinski definition) is 8. The fourth-order valence-corrected chi connectivity index (χ4v) is 6.16. The zero-order valence-corrected chi connectivity index (χ0v) is 23.4. The molecule has 7 rings (SSSR count). The quantitative estimate of drug-likeness (QED) is 0.330. The van der Waals surface area contributed by atoms with E-state index in [2.05, 4.69) is 64.1 Å². The zero-order valence-electron chi connectivity index (χ0n) is 23.4. The summed E-state index contributed by atoms with van der Waals surface area (Å²) < 4.78 is 13.2. The molecule has 1 aliphatic carbocycles. The van der Waals surface area contributed by atoms with E-state index in [0.29, 0.717) is 29.9 Å². The number of piperazine rings is 1. The normalized spacial score (nSPS) is 18.9. The van der Waals surface area contributed by atoms with Gasteiger partial charge in [0.2, 0.25) is 5.82 Å². The van der Waals surface area contributed by atoms with Crippen LogP contribution in [0.25, 0.3) is 23.0 Å². The summed E-state index contributed by atoms with van der Waals surface area (Å²) in [5.41, 5.74) is 6.53. The molecule has 208 valence electrons. The molecule has 2 aliphatic heterocycles. The van der Waals surface area contributed by atoms with E-state index in [1.807, 2.05) is 16.9 Å². The van der Waals surface area contributed by atoms with E-state index in [9.17, 15) is 0 Å². The summed E-state index contributed by atoms with van der Waals surface area (Å²) in [5, 5.41) is 9.10. The maximum Gasteiger partial charge on any atom is 0.278 e. The lowest BCUT2D eigenvalue weighted by atomic mass is 9.88. The van der Waals surface area contributed by atoms with Crippen molar-refractivity contribution in [3.63, 3.8) is 0 Å². The molecule has 3 aromatic heterocycles. The molecule has 4 aromatic rings. The molecule has 0 spiro atoms. The Hall–Kier alpha value is -3.56. The number of rotatable bonds is 7. The molecule has 9 heteroatoms. The third-order valence-electron chi connectivity index (χ3n) is 8.66. The van der Waals surface area contributed by atoms with Gasteiger partial charge in [0.1, 0.15) is 5.82 Å². The molecule has 9 nitrogen and oxygen atoms in total. The molecule has 2 saturated heterocycles. The summed E-state index contributed by atoms with van der Waals surface area (Å²) in [6, 6.07) is 13.6. The number of ether oxygens (including phenoxy) is 1. The summed E-state index contributed by atoms with van der Waals surface area (Å²) in [5.74, 6) is 2.64. The third kappa shape index (κ3) is 5.28. The maximum absolute atomic E-state index is 5.66. The highest BCUT2D eigenvalue weighted by Crippen LogP contribution is 2.32. The average Bonchev–Trinajstić information content (AvgIpc) is 3.61. The minimum atomic E-state index is 0.437. The lowest BCUT2D eigenvalue weighted by Gasteiger charge is -2.35. The fourth-order valence-electron chi connectivity index (χ4n) is 6.16. The van der Waals surface area contributed by atoms with Gasteiger partial charge in [-0.15, -0.1) is 0 Å². The Kier molecular flexibility index (Phi) is 6.85. The van der Waals surface area contributed by atoms with Crippen molar-refractivity contribution in [2.45, 2.75) is 58.0 Å². The predicted molar refractivity (Wildman–Crippen MR) is 153 cm³/mol. The SMILES string of the molecule is Cc1cc(-c2noc(-c3cc(C)n(Cc4ccnc(N5CCN(C6CC6)CC5)c4)n3)n2)ccc1C1CCOCC1. The molecule has 1 aromatic carbocycles. The summed E-state index contributed by atoms with van der Waals surface area (Å²) >= 11 is 0. The van der Waals surface area contributed by atoms with Gasteiger partial charge in [0, 0.05) is 62.9 Å². The Labute approximate surface area is 235 Å². The molecular formula is C31H37N7O2. The lowest BCUT2D eigenvalue weighted by molar-refractivity contribution is 0.0852. The van der Waals surface area contributed by atoms with Crippen LogP contribution in [0.15, 0.2) is 47.1 Å². The standard InChI is InChI=1S/C31H37N7O2/c1-21-17-25(3-6-27(21)24-8-15-39-16-9-24)30-33-31(40-35-30)28-18-22(2)38(34-28)20-23-7-10-32-29(19-23)37-13-11-36(12-14-37)26-4-5-26/h3,6-7,10,17-19,24,26H,4-5,8-9,11-16,20H2,1-2H3. The van der Waals surface area contributed by atoms with Crippen LogP contribution in [0.4, 0.5) is 5.82 Å². The number of anilines is 1. The molecule has 0 radical (unpaired) electrons. The van der Waals surface area contributed by atoms with Crippen molar-refractivity contribution in [1.29, 1.82) is 0 Å². The van der Waals surface area contributed by atoms with Crippen LogP contribution in [0, 0.1) is 13.8 Å². The number of benzene rings is 1. The van der Waals surface area contributed by atoms with Crippen molar-refractivity contribution >= 4 is 5.82 Å². The van der Waals surface area contributed by atoms with E-state index < -0.39 is 0 Å². The Morgan fingerprint density at radius 2 is 1.75 bits per heavy atom. The molecule has 40 heavy (non-hydrogen) atoms. The first kappa shape index (κ1) is 25.4. The Morgan fingerprint density at radius 3 is 2.52 bits per heavy atom. The Balaban J connectivity index is 1.04. The lowest BCUT2D eigenvalue weighted by Crippen LogP contribution is -2.47. The largest absolute Gasteiger partial charge is 0.381 e. The molecule has 5 heterocycles. The van der Waals surface area contributed by atoms with Crippen LogP contribution in [0.1, 0.15) is 54.0 Å². The molecular weight excluding hydrogens is 502 g/mol. The van der Waals surface area contributed by atoms with Gasteiger partial charge < -0.3 is 14.2 Å². The van der Waals surface area contributed by atoms with Gasteiger partial charge in [-0.1, -0.05) is 17.3 Å². The van der Waals surface area contributed by atoms with Crippen LogP contribution >= 0.6 is 0 Å². The molecule has 0 N–H and O–H groups in total. The first-order valence-corrected chi connectivity index (χ1v) is 14.6. The van der Waals surface area contributed by atoms with Gasteiger partial charge in [-0.05, 0) is 86.4 Å². The summed E-state index contributed by atoms with van der Waals surface area (Å²) in [6.45, 7) is 10.9. The van der Waals surface area contributed by atoms with Gasteiger partial charge in [0.15, 0.2) is 5.69 Å². The van der Waals surface area contributed by atoms with Crippen LogP contribution < -0.4 is 4.90 Å². The molecule has 3 aliphatic rings. The van der Waals surface area contributed by atoms with Crippen molar-refractivity contribution in [3.8, 4) is 23.0 Å². The van der Waals surface area contributed by atoms with Gasteiger partial charge in [0.05, 0.1) is 6.54 Å². The molecule has 0 bridgehead atoms. The van der Waals surface area contributed by atoms with Crippen LogP contribution in [0.5, 0.6) is 0 Å². The minimum absolute atomic E-state index is 0.437. The first-order valence-electron chi connectivity index (χ1n) is 14.6. The molecule has 3 fully saturated rings. The zero-order chi connectivity index (χ0) is 27.1. The average molecular weight is 540 g/mol. The van der Waals surface area contributed by atoms with Crippen molar-refractivity contribution in [2.75, 3.05) is 44.3 Å². The van der Waals surface area contributed by atoms with E-state index in [-0.39, 0.29) is 0 Å². The second-order valence-corrected chi connectivity index (χ2v) is 11.5. The van der Waals surface area contributed by atoms with Gasteiger partial charge >= 0.3 is 0 Å². The highest BCUT2D eigenvalue weighted by molar-refractivity contribution is 5.60. The fraction of sp³-hybridized carbons (Fsp3) is 0.484. The topological polar surface area (TPSA) is 85.3 Å². The summed E-state index contributed by atoms with van der Waals surface area (Å²) in [7, 11) is 0.